The van der Waals surface area contributed by atoms with Gasteiger partial charge in [0.05, 0.1) is 5.56 Å². The summed E-state index contributed by atoms with van der Waals surface area (Å²) in [6.07, 6.45) is 2.15. The molecule has 20 heavy (non-hydrogen) atoms. The molecule has 2 aromatic carbocycles. The molecule has 0 saturated carbocycles. The SMILES string of the molecule is CCCc1ccc(Oc2ccc(C(=O)O)c(N)c2)cc1. The second-order valence-corrected chi connectivity index (χ2v) is 4.55. The molecule has 0 aliphatic heterocycles. The van der Waals surface area contributed by atoms with Crippen molar-refractivity contribution in [3.8, 4) is 11.5 Å². The number of hydrogen-bond acceptors (Lipinski definition) is 3. The Morgan fingerprint density at radius 1 is 1.15 bits per heavy atom. The van der Waals surface area contributed by atoms with E-state index in [-0.39, 0.29) is 11.3 Å². The first-order chi connectivity index (χ1) is 9.60. The lowest BCUT2D eigenvalue weighted by Crippen LogP contribution is -2.02. The van der Waals surface area contributed by atoms with Crippen LogP contribution in [-0.4, -0.2) is 11.1 Å². The molecular weight excluding hydrogens is 254 g/mol. The zero-order valence-corrected chi connectivity index (χ0v) is 11.3. The Kier molecular flexibility index (Phi) is 4.25. The number of ether oxygens (including phenoxy) is 1. The van der Waals surface area contributed by atoms with Gasteiger partial charge in [-0.25, -0.2) is 4.79 Å². The molecule has 0 aliphatic carbocycles. The van der Waals surface area contributed by atoms with E-state index >= 15 is 0 Å². The quantitative estimate of drug-likeness (QED) is 0.813. The van der Waals surface area contributed by atoms with Gasteiger partial charge in [0.2, 0.25) is 0 Å². The molecule has 0 atom stereocenters. The third-order valence-corrected chi connectivity index (χ3v) is 2.95. The van der Waals surface area contributed by atoms with E-state index in [2.05, 4.69) is 6.92 Å². The molecule has 2 rings (SSSR count). The maximum atomic E-state index is 10.9. The first-order valence-electron chi connectivity index (χ1n) is 6.49. The van der Waals surface area contributed by atoms with Gasteiger partial charge in [0, 0.05) is 11.8 Å². The number of hydrogen-bond donors (Lipinski definition) is 2. The van der Waals surface area contributed by atoms with Crippen LogP contribution >= 0.6 is 0 Å². The smallest absolute Gasteiger partial charge is 0.337 e. The summed E-state index contributed by atoms with van der Waals surface area (Å²) >= 11 is 0. The van der Waals surface area contributed by atoms with Crippen LogP contribution < -0.4 is 10.5 Å². The van der Waals surface area contributed by atoms with Crippen LogP contribution in [0.1, 0.15) is 29.3 Å². The largest absolute Gasteiger partial charge is 0.478 e. The second kappa shape index (κ2) is 6.10. The highest BCUT2D eigenvalue weighted by Crippen LogP contribution is 2.25. The van der Waals surface area contributed by atoms with Crippen LogP contribution in [0.5, 0.6) is 11.5 Å². The maximum absolute atomic E-state index is 10.9. The topological polar surface area (TPSA) is 72.5 Å². The number of carboxylic acid groups (broad SMARTS) is 1. The van der Waals surface area contributed by atoms with Gasteiger partial charge < -0.3 is 15.6 Å². The number of aryl methyl sites for hydroxylation is 1. The van der Waals surface area contributed by atoms with Crippen molar-refractivity contribution >= 4 is 11.7 Å². The average molecular weight is 271 g/mol. The van der Waals surface area contributed by atoms with Crippen molar-refractivity contribution in [2.75, 3.05) is 5.73 Å². The van der Waals surface area contributed by atoms with Crippen molar-refractivity contribution in [3.63, 3.8) is 0 Å². The summed E-state index contributed by atoms with van der Waals surface area (Å²) in [5, 5.41) is 8.91. The highest BCUT2D eigenvalue weighted by molar-refractivity contribution is 5.93. The molecule has 0 heterocycles. The molecule has 0 saturated heterocycles. The van der Waals surface area contributed by atoms with Crippen molar-refractivity contribution in [1.82, 2.24) is 0 Å². The Hall–Kier alpha value is -2.49. The second-order valence-electron chi connectivity index (χ2n) is 4.55. The third kappa shape index (κ3) is 3.29. The fourth-order valence-corrected chi connectivity index (χ4v) is 1.95. The van der Waals surface area contributed by atoms with E-state index in [1.165, 1.54) is 17.7 Å². The fourth-order valence-electron chi connectivity index (χ4n) is 1.95. The summed E-state index contributed by atoms with van der Waals surface area (Å²) in [7, 11) is 0. The van der Waals surface area contributed by atoms with Gasteiger partial charge in [-0.1, -0.05) is 25.5 Å². The summed E-state index contributed by atoms with van der Waals surface area (Å²) in [6.45, 7) is 2.14. The van der Waals surface area contributed by atoms with Gasteiger partial charge in [-0.2, -0.15) is 0 Å². The van der Waals surface area contributed by atoms with E-state index in [4.69, 9.17) is 15.6 Å². The first kappa shape index (κ1) is 13.9. The molecule has 0 aromatic heterocycles. The Balaban J connectivity index is 2.13. The molecule has 3 N–H and O–H groups in total. The predicted molar refractivity (Wildman–Crippen MR) is 78.3 cm³/mol. The van der Waals surface area contributed by atoms with E-state index in [0.717, 1.165) is 12.8 Å². The first-order valence-corrected chi connectivity index (χ1v) is 6.49. The Labute approximate surface area is 117 Å². The lowest BCUT2D eigenvalue weighted by molar-refractivity contribution is 0.0698. The lowest BCUT2D eigenvalue weighted by Gasteiger charge is -2.08. The van der Waals surface area contributed by atoms with Crippen LogP contribution in [0, 0.1) is 0 Å². The normalized spacial score (nSPS) is 10.2. The van der Waals surface area contributed by atoms with Crippen molar-refractivity contribution in [2.45, 2.75) is 19.8 Å². The zero-order chi connectivity index (χ0) is 14.5. The van der Waals surface area contributed by atoms with E-state index in [1.54, 1.807) is 6.07 Å². The Morgan fingerprint density at radius 2 is 1.80 bits per heavy atom. The van der Waals surface area contributed by atoms with E-state index < -0.39 is 5.97 Å². The molecule has 4 nitrogen and oxygen atoms in total. The van der Waals surface area contributed by atoms with E-state index in [9.17, 15) is 4.79 Å². The number of aromatic carboxylic acids is 1. The average Bonchev–Trinajstić information content (AvgIpc) is 2.41. The molecule has 0 fully saturated rings. The standard InChI is InChI=1S/C16H17NO3/c1-2-3-11-4-6-12(7-5-11)20-13-8-9-14(16(18)19)15(17)10-13/h4-10H,2-3,17H2,1H3,(H,18,19). The molecule has 0 aliphatic rings. The molecule has 104 valence electrons. The Morgan fingerprint density at radius 3 is 2.35 bits per heavy atom. The fraction of sp³-hybridized carbons (Fsp3) is 0.188. The number of carboxylic acids is 1. The number of nitrogen functional groups attached to an aromatic ring is 1. The van der Waals surface area contributed by atoms with Gasteiger partial charge in [0.15, 0.2) is 0 Å². The van der Waals surface area contributed by atoms with Gasteiger partial charge >= 0.3 is 5.97 Å². The molecule has 0 amide bonds. The predicted octanol–water partition coefficient (Wildman–Crippen LogP) is 3.71. The summed E-state index contributed by atoms with van der Waals surface area (Å²) in [4.78, 5) is 10.9. The summed E-state index contributed by atoms with van der Waals surface area (Å²) in [5.74, 6) is 0.182. The summed E-state index contributed by atoms with van der Waals surface area (Å²) < 4.78 is 5.65. The molecule has 2 aromatic rings. The minimum Gasteiger partial charge on any atom is -0.478 e. The van der Waals surface area contributed by atoms with Crippen molar-refractivity contribution in [3.05, 3.63) is 53.6 Å². The minimum atomic E-state index is -1.04. The van der Waals surface area contributed by atoms with Gasteiger partial charge in [0.1, 0.15) is 11.5 Å². The third-order valence-electron chi connectivity index (χ3n) is 2.95. The van der Waals surface area contributed by atoms with E-state index in [0.29, 0.717) is 11.5 Å². The lowest BCUT2D eigenvalue weighted by atomic mass is 10.1. The molecule has 0 spiro atoms. The van der Waals surface area contributed by atoms with Crippen molar-refractivity contribution < 1.29 is 14.6 Å². The highest BCUT2D eigenvalue weighted by Gasteiger charge is 2.08. The molecular formula is C16H17NO3. The highest BCUT2D eigenvalue weighted by atomic mass is 16.5. The minimum absolute atomic E-state index is 0.0793. The number of nitrogens with two attached hydrogens (primary N) is 1. The van der Waals surface area contributed by atoms with Crippen LogP contribution in [0.3, 0.4) is 0 Å². The number of carbonyl (C=O) groups is 1. The van der Waals surface area contributed by atoms with Crippen LogP contribution in [-0.2, 0) is 6.42 Å². The van der Waals surface area contributed by atoms with Crippen LogP contribution in [0.2, 0.25) is 0 Å². The maximum Gasteiger partial charge on any atom is 0.337 e. The molecule has 0 radical (unpaired) electrons. The van der Waals surface area contributed by atoms with Gasteiger partial charge in [0.25, 0.3) is 0 Å². The van der Waals surface area contributed by atoms with Crippen molar-refractivity contribution in [1.29, 1.82) is 0 Å². The van der Waals surface area contributed by atoms with Gasteiger partial charge in [-0.05, 0) is 36.2 Å². The van der Waals surface area contributed by atoms with Crippen LogP contribution in [0.15, 0.2) is 42.5 Å². The monoisotopic (exact) mass is 271 g/mol. The zero-order valence-electron chi connectivity index (χ0n) is 11.3. The summed E-state index contributed by atoms with van der Waals surface area (Å²) in [5.41, 5.74) is 7.21. The van der Waals surface area contributed by atoms with Crippen LogP contribution in [0.25, 0.3) is 0 Å². The molecule has 0 unspecified atom stereocenters. The number of rotatable bonds is 5. The van der Waals surface area contributed by atoms with Crippen molar-refractivity contribution in [2.24, 2.45) is 0 Å². The number of anilines is 1. The van der Waals surface area contributed by atoms with Gasteiger partial charge in [-0.15, -0.1) is 0 Å². The molecule has 4 heteroatoms. The van der Waals surface area contributed by atoms with E-state index in [1.807, 2.05) is 24.3 Å². The molecule has 0 bridgehead atoms. The summed E-state index contributed by atoms with van der Waals surface area (Å²) in [6, 6.07) is 12.4. The number of benzene rings is 2. The van der Waals surface area contributed by atoms with Gasteiger partial charge in [-0.3, -0.25) is 0 Å². The van der Waals surface area contributed by atoms with Crippen LogP contribution in [0.4, 0.5) is 5.69 Å². The Bertz CT molecular complexity index is 606.